The topological polar surface area (TPSA) is 40.9 Å². The summed E-state index contributed by atoms with van der Waals surface area (Å²) in [5.41, 5.74) is 1.08. The Bertz CT molecular complexity index is 411. The summed E-state index contributed by atoms with van der Waals surface area (Å²) in [7, 11) is 0. The SMILES string of the molecule is CC(=O)C(Cl)c1cccc(I)c1C#N. The Kier molecular flexibility index (Phi) is 3.90. The van der Waals surface area contributed by atoms with Crippen LogP contribution in [-0.4, -0.2) is 5.78 Å². The van der Waals surface area contributed by atoms with Gasteiger partial charge in [0.1, 0.15) is 11.4 Å². The number of carbonyl (C=O) groups is 1. The summed E-state index contributed by atoms with van der Waals surface area (Å²) >= 11 is 7.94. The monoisotopic (exact) mass is 319 g/mol. The van der Waals surface area contributed by atoms with Crippen LogP contribution in [0, 0.1) is 14.9 Å². The van der Waals surface area contributed by atoms with Gasteiger partial charge >= 0.3 is 0 Å². The van der Waals surface area contributed by atoms with Crippen LogP contribution in [0.3, 0.4) is 0 Å². The molecule has 1 aromatic carbocycles. The molecule has 0 saturated heterocycles. The fourth-order valence-electron chi connectivity index (χ4n) is 1.09. The molecule has 0 fully saturated rings. The largest absolute Gasteiger partial charge is 0.298 e. The second-order valence-corrected chi connectivity index (χ2v) is 4.39. The molecule has 4 heteroatoms. The van der Waals surface area contributed by atoms with Gasteiger partial charge in [0.25, 0.3) is 0 Å². The zero-order valence-corrected chi connectivity index (χ0v) is 10.3. The molecule has 0 heterocycles. The lowest BCUT2D eigenvalue weighted by atomic mass is 10.0. The summed E-state index contributed by atoms with van der Waals surface area (Å²) in [4.78, 5) is 11.1. The van der Waals surface area contributed by atoms with Crippen molar-refractivity contribution in [2.24, 2.45) is 0 Å². The van der Waals surface area contributed by atoms with Crippen molar-refractivity contribution in [3.8, 4) is 6.07 Å². The predicted molar refractivity (Wildman–Crippen MR) is 63.1 cm³/mol. The fourth-order valence-corrected chi connectivity index (χ4v) is 1.91. The van der Waals surface area contributed by atoms with Crippen LogP contribution in [0.25, 0.3) is 0 Å². The van der Waals surface area contributed by atoms with E-state index in [1.54, 1.807) is 12.1 Å². The number of carbonyl (C=O) groups excluding carboxylic acids is 1. The van der Waals surface area contributed by atoms with Gasteiger partial charge in [-0.3, -0.25) is 4.79 Å². The molecule has 0 N–H and O–H groups in total. The molecule has 1 aromatic rings. The van der Waals surface area contributed by atoms with Crippen LogP contribution in [0.1, 0.15) is 23.4 Å². The number of nitrogens with zero attached hydrogens (tertiary/aromatic N) is 1. The number of hydrogen-bond acceptors (Lipinski definition) is 2. The lowest BCUT2D eigenvalue weighted by molar-refractivity contribution is -0.116. The molecule has 0 aliphatic rings. The quantitative estimate of drug-likeness (QED) is 0.621. The number of ketones is 1. The lowest BCUT2D eigenvalue weighted by Crippen LogP contribution is -2.04. The molecule has 0 bridgehead atoms. The summed E-state index contributed by atoms with van der Waals surface area (Å²) in [6.45, 7) is 1.42. The number of rotatable bonds is 2. The molecular formula is C10H7ClINO. The number of halogens is 2. The van der Waals surface area contributed by atoms with Crippen LogP contribution >= 0.6 is 34.2 Å². The number of benzene rings is 1. The Balaban J connectivity index is 3.29. The minimum atomic E-state index is -0.723. The van der Waals surface area contributed by atoms with E-state index in [2.05, 4.69) is 28.7 Å². The third-order valence-corrected chi connectivity index (χ3v) is 3.23. The average Bonchev–Trinajstić information content (AvgIpc) is 2.16. The van der Waals surface area contributed by atoms with Crippen molar-refractivity contribution in [1.29, 1.82) is 5.26 Å². The zero-order valence-electron chi connectivity index (χ0n) is 7.42. The maximum atomic E-state index is 11.1. The zero-order chi connectivity index (χ0) is 10.7. The number of nitriles is 1. The van der Waals surface area contributed by atoms with E-state index in [0.29, 0.717) is 11.1 Å². The molecule has 0 saturated carbocycles. The van der Waals surface area contributed by atoms with E-state index < -0.39 is 5.38 Å². The van der Waals surface area contributed by atoms with E-state index in [9.17, 15) is 4.79 Å². The summed E-state index contributed by atoms with van der Waals surface area (Å²) in [5.74, 6) is -0.148. The molecule has 0 aliphatic carbocycles. The fraction of sp³-hybridized carbons (Fsp3) is 0.200. The Morgan fingerprint density at radius 2 is 2.29 bits per heavy atom. The average molecular weight is 320 g/mol. The van der Waals surface area contributed by atoms with Gasteiger partial charge in [0, 0.05) is 3.57 Å². The second-order valence-electron chi connectivity index (χ2n) is 2.79. The molecule has 1 unspecified atom stereocenters. The number of Topliss-reactive ketones (excluding diaryl/α,β-unsaturated/α-hetero) is 1. The van der Waals surface area contributed by atoms with Crippen molar-refractivity contribution in [3.05, 3.63) is 32.9 Å². The van der Waals surface area contributed by atoms with Crippen LogP contribution in [-0.2, 0) is 4.79 Å². The van der Waals surface area contributed by atoms with Crippen molar-refractivity contribution in [2.75, 3.05) is 0 Å². The molecule has 14 heavy (non-hydrogen) atoms. The highest BCUT2D eigenvalue weighted by Crippen LogP contribution is 2.27. The van der Waals surface area contributed by atoms with Gasteiger partial charge in [-0.1, -0.05) is 12.1 Å². The van der Waals surface area contributed by atoms with Crippen LogP contribution in [0.2, 0.25) is 0 Å². The molecule has 1 atom stereocenters. The van der Waals surface area contributed by atoms with Crippen molar-refractivity contribution in [1.82, 2.24) is 0 Å². The van der Waals surface area contributed by atoms with Crippen molar-refractivity contribution in [2.45, 2.75) is 12.3 Å². The van der Waals surface area contributed by atoms with Crippen molar-refractivity contribution >= 4 is 40.0 Å². The van der Waals surface area contributed by atoms with Gasteiger partial charge in [-0.15, -0.1) is 11.6 Å². The van der Waals surface area contributed by atoms with Crippen LogP contribution in [0.15, 0.2) is 18.2 Å². The van der Waals surface area contributed by atoms with Crippen LogP contribution < -0.4 is 0 Å². The molecule has 2 nitrogen and oxygen atoms in total. The van der Waals surface area contributed by atoms with Crippen LogP contribution in [0.5, 0.6) is 0 Å². The number of hydrogen-bond donors (Lipinski definition) is 0. The summed E-state index contributed by atoms with van der Waals surface area (Å²) < 4.78 is 0.814. The van der Waals surface area contributed by atoms with Crippen LogP contribution in [0.4, 0.5) is 0 Å². The van der Waals surface area contributed by atoms with Gasteiger partial charge in [0.2, 0.25) is 0 Å². The predicted octanol–water partition coefficient (Wildman–Crippen LogP) is 3.03. The van der Waals surface area contributed by atoms with Crippen molar-refractivity contribution in [3.63, 3.8) is 0 Å². The van der Waals surface area contributed by atoms with E-state index >= 15 is 0 Å². The first-order valence-corrected chi connectivity index (χ1v) is 5.42. The maximum Gasteiger partial charge on any atom is 0.152 e. The molecule has 72 valence electrons. The highest BCUT2D eigenvalue weighted by atomic mass is 127. The summed E-state index contributed by atoms with van der Waals surface area (Å²) in [6.07, 6.45) is 0. The number of alkyl halides is 1. The standard InChI is InChI=1S/C10H7ClINO/c1-6(14)10(11)7-3-2-4-9(12)8(7)5-13/h2-4,10H,1H3. The third kappa shape index (κ3) is 2.25. The van der Waals surface area contributed by atoms with Gasteiger partial charge in [0.15, 0.2) is 5.78 Å². The van der Waals surface area contributed by atoms with E-state index in [0.717, 1.165) is 3.57 Å². The van der Waals surface area contributed by atoms with Gasteiger partial charge in [-0.2, -0.15) is 5.26 Å². The molecule has 0 aromatic heterocycles. The highest BCUT2D eigenvalue weighted by Gasteiger charge is 2.18. The van der Waals surface area contributed by atoms with E-state index in [4.69, 9.17) is 16.9 Å². The van der Waals surface area contributed by atoms with Gasteiger partial charge in [-0.05, 0) is 41.1 Å². The normalized spacial score (nSPS) is 11.9. The lowest BCUT2D eigenvalue weighted by Gasteiger charge is -2.08. The first-order valence-electron chi connectivity index (χ1n) is 3.91. The minimum absolute atomic E-state index is 0.148. The third-order valence-electron chi connectivity index (χ3n) is 1.79. The highest BCUT2D eigenvalue weighted by molar-refractivity contribution is 14.1. The Morgan fingerprint density at radius 3 is 2.79 bits per heavy atom. The molecule has 0 aliphatic heterocycles. The van der Waals surface area contributed by atoms with Gasteiger partial charge < -0.3 is 0 Å². The van der Waals surface area contributed by atoms with Gasteiger partial charge in [-0.25, -0.2) is 0 Å². The second kappa shape index (κ2) is 4.76. The Hall–Kier alpha value is -0.600. The van der Waals surface area contributed by atoms with Gasteiger partial charge in [0.05, 0.1) is 5.56 Å². The molecule has 0 radical (unpaired) electrons. The van der Waals surface area contributed by atoms with E-state index in [1.807, 2.05) is 6.07 Å². The van der Waals surface area contributed by atoms with Crippen molar-refractivity contribution < 1.29 is 4.79 Å². The smallest absolute Gasteiger partial charge is 0.152 e. The maximum absolute atomic E-state index is 11.1. The molecule has 0 amide bonds. The summed E-state index contributed by atoms with van der Waals surface area (Å²) in [5, 5.41) is 8.18. The Labute approximate surface area is 101 Å². The Morgan fingerprint density at radius 1 is 1.64 bits per heavy atom. The molecule has 0 spiro atoms. The first kappa shape index (κ1) is 11.5. The van der Waals surface area contributed by atoms with E-state index in [1.165, 1.54) is 6.92 Å². The molecule has 1 rings (SSSR count). The first-order chi connectivity index (χ1) is 6.57. The molecular weight excluding hydrogens is 312 g/mol. The summed E-state index contributed by atoms with van der Waals surface area (Å²) in [6, 6.07) is 7.36. The van der Waals surface area contributed by atoms with E-state index in [-0.39, 0.29) is 5.78 Å². The minimum Gasteiger partial charge on any atom is -0.298 e.